The Morgan fingerprint density at radius 2 is 1.91 bits per heavy atom. The van der Waals surface area contributed by atoms with Gasteiger partial charge >= 0.3 is 5.97 Å². The van der Waals surface area contributed by atoms with Crippen molar-refractivity contribution in [3.8, 4) is 0 Å². The fourth-order valence-corrected chi connectivity index (χ4v) is 2.13. The van der Waals surface area contributed by atoms with Gasteiger partial charge in [-0.3, -0.25) is 0 Å². The fraction of sp³-hybridized carbons (Fsp3) is 0.750. The molecule has 3 heteroatoms. The van der Waals surface area contributed by atoms with E-state index in [0.29, 0.717) is 5.92 Å². The molecule has 0 aliphatic rings. The molecule has 0 heterocycles. The Morgan fingerprint density at radius 3 is 2.48 bits per heavy atom. The molecule has 0 saturated carbocycles. The molecule has 0 N–H and O–H groups in total. The number of allylic oxidation sites excluding steroid dienone is 3. The molecular formula is C20H36O3. The van der Waals surface area contributed by atoms with E-state index < -0.39 is 0 Å². The van der Waals surface area contributed by atoms with Gasteiger partial charge in [0.05, 0.1) is 11.7 Å². The van der Waals surface area contributed by atoms with Gasteiger partial charge in [0, 0.05) is 13.2 Å². The molecule has 0 aromatic heterocycles. The van der Waals surface area contributed by atoms with Crippen LogP contribution in [0.1, 0.15) is 73.6 Å². The molecular weight excluding hydrogens is 288 g/mol. The van der Waals surface area contributed by atoms with Gasteiger partial charge in [0.1, 0.15) is 0 Å². The summed E-state index contributed by atoms with van der Waals surface area (Å²) in [4.78, 5) is 11.6. The molecule has 134 valence electrons. The van der Waals surface area contributed by atoms with Crippen LogP contribution in [0.5, 0.6) is 0 Å². The number of hydrogen-bond donors (Lipinski definition) is 0. The molecule has 3 nitrogen and oxygen atoms in total. The molecule has 23 heavy (non-hydrogen) atoms. The average molecular weight is 325 g/mol. The molecule has 0 aromatic carbocycles. The van der Waals surface area contributed by atoms with Gasteiger partial charge in [-0.2, -0.15) is 0 Å². The number of hydrogen-bond acceptors (Lipinski definition) is 3. The van der Waals surface area contributed by atoms with Crippen LogP contribution < -0.4 is 0 Å². The summed E-state index contributed by atoms with van der Waals surface area (Å²) in [6.45, 7) is 12.4. The van der Waals surface area contributed by atoms with E-state index >= 15 is 0 Å². The maximum absolute atomic E-state index is 11.6. The van der Waals surface area contributed by atoms with E-state index in [2.05, 4.69) is 26.8 Å². The number of methoxy groups -OCH3 is 1. The highest BCUT2D eigenvalue weighted by molar-refractivity contribution is 5.83. The van der Waals surface area contributed by atoms with Crippen LogP contribution in [0, 0.1) is 5.92 Å². The molecule has 2 unspecified atom stereocenters. The summed E-state index contributed by atoms with van der Waals surface area (Å²) in [5.41, 5.74) is 0.913. The normalized spacial score (nSPS) is 15.7. The summed E-state index contributed by atoms with van der Waals surface area (Å²) < 4.78 is 10.7. The monoisotopic (exact) mass is 324 g/mol. The number of carbonyl (C=O) groups is 1. The zero-order valence-electron chi connectivity index (χ0n) is 16.1. The Balaban J connectivity index is 4.09. The van der Waals surface area contributed by atoms with Crippen molar-refractivity contribution in [2.75, 3.05) is 7.11 Å². The van der Waals surface area contributed by atoms with E-state index in [-0.39, 0.29) is 17.7 Å². The lowest BCUT2D eigenvalue weighted by molar-refractivity contribution is -0.142. The minimum Gasteiger partial charge on any atom is -0.460 e. The number of esters is 1. The molecule has 0 fully saturated rings. The third-order valence-corrected chi connectivity index (χ3v) is 4.19. The summed E-state index contributed by atoms with van der Waals surface area (Å²) >= 11 is 0. The zero-order valence-corrected chi connectivity index (χ0v) is 16.1. The van der Waals surface area contributed by atoms with E-state index in [1.165, 1.54) is 12.8 Å². The molecule has 0 amide bonds. The Hall–Kier alpha value is -1.09. The molecule has 2 atom stereocenters. The zero-order chi connectivity index (χ0) is 17.9. The Bertz CT molecular complexity index is 394. The fourth-order valence-electron chi connectivity index (χ4n) is 2.13. The Kier molecular flexibility index (Phi) is 10.9. The molecule has 0 radical (unpaired) electrons. The predicted molar refractivity (Wildman–Crippen MR) is 97.5 cm³/mol. The SMILES string of the molecule is CCC(C)OC(=O)C=C(C)C=CCC(C)CCCC(C)(C)OC. The standard InChI is InChI=1S/C20H36O3/c1-8-18(4)23-19(21)15-17(3)12-9-11-16(2)13-10-14-20(5,6)22-7/h9,12,15-16,18H,8,10-11,13-14H2,1-7H3. The van der Waals surface area contributed by atoms with Crippen molar-refractivity contribution in [1.29, 1.82) is 0 Å². The van der Waals surface area contributed by atoms with E-state index in [9.17, 15) is 4.79 Å². The maximum Gasteiger partial charge on any atom is 0.331 e. The highest BCUT2D eigenvalue weighted by Gasteiger charge is 2.15. The van der Waals surface area contributed by atoms with Gasteiger partial charge in [0.25, 0.3) is 0 Å². The third-order valence-electron chi connectivity index (χ3n) is 4.19. The van der Waals surface area contributed by atoms with E-state index in [4.69, 9.17) is 9.47 Å². The van der Waals surface area contributed by atoms with Crippen molar-refractivity contribution >= 4 is 5.97 Å². The summed E-state index contributed by atoms with van der Waals surface area (Å²) in [5.74, 6) is 0.384. The predicted octanol–water partition coefficient (Wildman–Crippen LogP) is 5.45. The first kappa shape index (κ1) is 21.9. The minimum absolute atomic E-state index is 0.0214. The van der Waals surface area contributed by atoms with Crippen LogP contribution >= 0.6 is 0 Å². The maximum atomic E-state index is 11.6. The van der Waals surface area contributed by atoms with Gasteiger partial charge in [-0.05, 0) is 58.4 Å². The topological polar surface area (TPSA) is 35.5 Å². The molecule has 0 rings (SSSR count). The second kappa shape index (κ2) is 11.4. The molecule has 0 aliphatic carbocycles. The summed E-state index contributed by atoms with van der Waals surface area (Å²) in [5, 5.41) is 0. The second-order valence-corrected chi connectivity index (χ2v) is 7.14. The van der Waals surface area contributed by atoms with Crippen LogP contribution in [0.25, 0.3) is 0 Å². The van der Waals surface area contributed by atoms with Crippen LogP contribution in [-0.2, 0) is 14.3 Å². The van der Waals surface area contributed by atoms with Gasteiger partial charge < -0.3 is 9.47 Å². The van der Waals surface area contributed by atoms with Crippen LogP contribution in [0.15, 0.2) is 23.8 Å². The van der Waals surface area contributed by atoms with Crippen molar-refractivity contribution in [2.24, 2.45) is 5.92 Å². The van der Waals surface area contributed by atoms with Crippen molar-refractivity contribution in [3.05, 3.63) is 23.8 Å². The molecule has 0 saturated heterocycles. The molecule has 0 aliphatic heterocycles. The molecule has 0 spiro atoms. The number of carbonyl (C=O) groups excluding carboxylic acids is 1. The quantitative estimate of drug-likeness (QED) is 0.288. The third kappa shape index (κ3) is 12.1. The number of rotatable bonds is 11. The van der Waals surface area contributed by atoms with Crippen LogP contribution in [0.4, 0.5) is 0 Å². The van der Waals surface area contributed by atoms with Crippen molar-refractivity contribution < 1.29 is 14.3 Å². The van der Waals surface area contributed by atoms with Crippen LogP contribution in [0.2, 0.25) is 0 Å². The van der Waals surface area contributed by atoms with E-state index in [0.717, 1.165) is 24.8 Å². The van der Waals surface area contributed by atoms with Crippen LogP contribution in [0.3, 0.4) is 0 Å². The first-order valence-corrected chi connectivity index (χ1v) is 8.80. The summed E-state index contributed by atoms with van der Waals surface area (Å²) in [7, 11) is 1.77. The lowest BCUT2D eigenvalue weighted by atomic mass is 9.95. The van der Waals surface area contributed by atoms with E-state index in [1.54, 1.807) is 13.2 Å². The number of ether oxygens (including phenoxy) is 2. The van der Waals surface area contributed by atoms with Crippen LogP contribution in [-0.4, -0.2) is 24.8 Å². The summed E-state index contributed by atoms with van der Waals surface area (Å²) in [6, 6.07) is 0. The lowest BCUT2D eigenvalue weighted by Crippen LogP contribution is -2.22. The van der Waals surface area contributed by atoms with Gasteiger partial charge in [0.2, 0.25) is 0 Å². The highest BCUT2D eigenvalue weighted by atomic mass is 16.5. The smallest absolute Gasteiger partial charge is 0.331 e. The minimum atomic E-state index is -0.253. The van der Waals surface area contributed by atoms with Crippen molar-refractivity contribution in [2.45, 2.75) is 85.4 Å². The van der Waals surface area contributed by atoms with E-state index in [1.807, 2.05) is 26.8 Å². The Labute approximate surface area is 143 Å². The lowest BCUT2D eigenvalue weighted by Gasteiger charge is -2.23. The molecule has 0 bridgehead atoms. The average Bonchev–Trinajstić information content (AvgIpc) is 2.46. The van der Waals surface area contributed by atoms with Gasteiger partial charge in [-0.15, -0.1) is 0 Å². The van der Waals surface area contributed by atoms with Gasteiger partial charge in [0.15, 0.2) is 0 Å². The Morgan fingerprint density at radius 1 is 1.26 bits per heavy atom. The first-order chi connectivity index (χ1) is 10.7. The molecule has 0 aromatic rings. The summed E-state index contributed by atoms with van der Waals surface area (Å²) in [6.07, 6.45) is 11.0. The van der Waals surface area contributed by atoms with Crippen molar-refractivity contribution in [1.82, 2.24) is 0 Å². The van der Waals surface area contributed by atoms with Crippen molar-refractivity contribution in [3.63, 3.8) is 0 Å². The first-order valence-electron chi connectivity index (χ1n) is 8.80. The second-order valence-electron chi connectivity index (χ2n) is 7.14. The van der Waals surface area contributed by atoms with Gasteiger partial charge in [-0.25, -0.2) is 4.79 Å². The largest absolute Gasteiger partial charge is 0.460 e. The van der Waals surface area contributed by atoms with Gasteiger partial charge in [-0.1, -0.05) is 38.8 Å². The highest BCUT2D eigenvalue weighted by Crippen LogP contribution is 2.20.